The molecule has 0 aliphatic heterocycles. The molecule has 0 aromatic heterocycles. The van der Waals surface area contributed by atoms with Crippen LogP contribution in [-0.4, -0.2) is 14.1 Å². The summed E-state index contributed by atoms with van der Waals surface area (Å²) in [6.07, 6.45) is 1.39. The van der Waals surface area contributed by atoms with Gasteiger partial charge in [0, 0.05) is 23.0 Å². The smallest absolute Gasteiger partial charge is 0.200 e. The van der Waals surface area contributed by atoms with Crippen molar-refractivity contribution in [3.8, 4) is 0 Å². The molecule has 1 aliphatic rings. The van der Waals surface area contributed by atoms with Crippen molar-refractivity contribution in [1.82, 2.24) is 4.83 Å². The lowest BCUT2D eigenvalue weighted by Crippen LogP contribution is -2.20. The van der Waals surface area contributed by atoms with Gasteiger partial charge in [0.15, 0.2) is 0 Å². The van der Waals surface area contributed by atoms with Crippen LogP contribution in [0.4, 0.5) is 0 Å². The van der Waals surface area contributed by atoms with Gasteiger partial charge in [-0.05, 0) is 35.4 Å². The van der Waals surface area contributed by atoms with Crippen LogP contribution in [0.15, 0.2) is 63.0 Å². The second kappa shape index (κ2) is 5.61. The van der Waals surface area contributed by atoms with Gasteiger partial charge in [-0.1, -0.05) is 40.2 Å². The number of hydrazone groups is 1. The molecule has 2 aromatic carbocycles. The molecule has 0 spiro atoms. The lowest BCUT2D eigenvalue weighted by atomic mass is 10.1. The van der Waals surface area contributed by atoms with Crippen molar-refractivity contribution in [3.63, 3.8) is 0 Å². The van der Waals surface area contributed by atoms with E-state index in [1.807, 2.05) is 24.3 Å². The molecule has 21 heavy (non-hydrogen) atoms. The molecule has 3 rings (SSSR count). The van der Waals surface area contributed by atoms with Gasteiger partial charge in [0.25, 0.3) is 10.0 Å². The van der Waals surface area contributed by atoms with Gasteiger partial charge in [-0.25, -0.2) is 4.83 Å². The number of hydrogen-bond donors (Lipinski definition) is 1. The number of rotatable bonds is 3. The van der Waals surface area contributed by atoms with Gasteiger partial charge in [-0.3, -0.25) is 0 Å². The Morgan fingerprint density at radius 2 is 1.52 bits per heavy atom. The second-order valence-electron chi connectivity index (χ2n) is 4.85. The summed E-state index contributed by atoms with van der Waals surface area (Å²) in [6, 6.07) is 14.5. The highest BCUT2D eigenvalue weighted by Gasteiger charge is 2.18. The van der Waals surface area contributed by atoms with Crippen LogP contribution >= 0.6 is 15.9 Å². The maximum absolute atomic E-state index is 12.1. The van der Waals surface area contributed by atoms with Crippen LogP contribution in [-0.2, 0) is 22.9 Å². The fourth-order valence-electron chi connectivity index (χ4n) is 2.27. The molecular weight excluding hydrogens is 352 g/mol. The zero-order valence-electron chi connectivity index (χ0n) is 11.1. The van der Waals surface area contributed by atoms with Gasteiger partial charge in [0.2, 0.25) is 0 Å². The minimum absolute atomic E-state index is 0.200. The number of fused-ring (bicyclic) bond motifs is 1. The average Bonchev–Trinajstić information content (AvgIpc) is 2.89. The van der Waals surface area contributed by atoms with E-state index in [0.717, 1.165) is 10.2 Å². The molecule has 108 valence electrons. The van der Waals surface area contributed by atoms with Crippen molar-refractivity contribution < 1.29 is 8.42 Å². The van der Waals surface area contributed by atoms with Gasteiger partial charge < -0.3 is 0 Å². The average molecular weight is 365 g/mol. The van der Waals surface area contributed by atoms with Crippen LogP contribution < -0.4 is 4.83 Å². The minimum atomic E-state index is -3.61. The third kappa shape index (κ3) is 3.16. The largest absolute Gasteiger partial charge is 0.276 e. The van der Waals surface area contributed by atoms with Gasteiger partial charge in [0.05, 0.1) is 4.90 Å². The SMILES string of the molecule is O=S(=O)(NN=C1Cc2ccccc2C1)c1ccc(Br)cc1. The maximum atomic E-state index is 12.1. The summed E-state index contributed by atoms with van der Waals surface area (Å²) in [4.78, 5) is 2.52. The van der Waals surface area contributed by atoms with Crippen LogP contribution in [0.5, 0.6) is 0 Å². The molecule has 0 saturated heterocycles. The van der Waals surface area contributed by atoms with Gasteiger partial charge in [0.1, 0.15) is 0 Å². The van der Waals surface area contributed by atoms with Crippen LogP contribution in [0.3, 0.4) is 0 Å². The van der Waals surface area contributed by atoms with E-state index in [9.17, 15) is 8.42 Å². The van der Waals surface area contributed by atoms with Crippen molar-refractivity contribution in [2.45, 2.75) is 17.7 Å². The minimum Gasteiger partial charge on any atom is -0.200 e. The van der Waals surface area contributed by atoms with Crippen molar-refractivity contribution in [2.24, 2.45) is 5.10 Å². The first-order valence-electron chi connectivity index (χ1n) is 6.44. The van der Waals surface area contributed by atoms with E-state index in [-0.39, 0.29) is 4.90 Å². The summed E-state index contributed by atoms with van der Waals surface area (Å²) in [6.45, 7) is 0. The standard InChI is InChI=1S/C15H13BrN2O2S/c16-13-5-7-15(8-6-13)21(19,20)18-17-14-9-11-3-1-2-4-12(11)10-14/h1-8,18H,9-10H2. The van der Waals surface area contributed by atoms with Gasteiger partial charge >= 0.3 is 0 Å². The first-order chi connectivity index (χ1) is 10.0. The topological polar surface area (TPSA) is 58.5 Å². The highest BCUT2D eigenvalue weighted by Crippen LogP contribution is 2.20. The Hall–Kier alpha value is -1.66. The summed E-state index contributed by atoms with van der Waals surface area (Å²) in [5.74, 6) is 0. The number of sulfonamides is 1. The fraction of sp³-hybridized carbons (Fsp3) is 0.133. The van der Waals surface area contributed by atoms with E-state index in [2.05, 4.69) is 25.9 Å². The number of nitrogens with zero attached hydrogens (tertiary/aromatic N) is 1. The Morgan fingerprint density at radius 3 is 2.10 bits per heavy atom. The first kappa shape index (κ1) is 14.3. The zero-order chi connectivity index (χ0) is 14.9. The molecule has 0 saturated carbocycles. The molecule has 1 aliphatic carbocycles. The Labute approximate surface area is 132 Å². The molecule has 0 amide bonds. The van der Waals surface area contributed by atoms with E-state index in [1.54, 1.807) is 12.1 Å². The lowest BCUT2D eigenvalue weighted by molar-refractivity contribution is 0.584. The summed E-state index contributed by atoms with van der Waals surface area (Å²) in [7, 11) is -3.61. The number of benzene rings is 2. The van der Waals surface area contributed by atoms with Crippen LogP contribution in [0.2, 0.25) is 0 Å². The summed E-state index contributed by atoms with van der Waals surface area (Å²) >= 11 is 3.28. The molecule has 0 radical (unpaired) electrons. The predicted octanol–water partition coefficient (Wildman–Crippen LogP) is 2.88. The molecular formula is C15H13BrN2O2S. The Morgan fingerprint density at radius 1 is 0.952 bits per heavy atom. The van der Waals surface area contributed by atoms with Gasteiger partial charge in [-0.15, -0.1) is 0 Å². The Bertz CT molecular complexity index is 772. The fourth-order valence-corrected chi connectivity index (χ4v) is 3.39. The molecule has 0 heterocycles. The van der Waals surface area contributed by atoms with Crippen LogP contribution in [0.1, 0.15) is 11.1 Å². The van der Waals surface area contributed by atoms with E-state index in [4.69, 9.17) is 0 Å². The Kier molecular flexibility index (Phi) is 3.82. The third-order valence-electron chi connectivity index (χ3n) is 3.36. The maximum Gasteiger partial charge on any atom is 0.276 e. The molecule has 4 nitrogen and oxygen atoms in total. The van der Waals surface area contributed by atoms with Crippen molar-refractivity contribution in [2.75, 3.05) is 0 Å². The summed E-state index contributed by atoms with van der Waals surface area (Å²) in [5, 5.41) is 4.08. The number of hydrogen-bond acceptors (Lipinski definition) is 3. The normalized spacial score (nSPS) is 13.9. The molecule has 6 heteroatoms. The first-order valence-corrected chi connectivity index (χ1v) is 8.72. The summed E-state index contributed by atoms with van der Waals surface area (Å²) in [5.41, 5.74) is 3.25. The van der Waals surface area contributed by atoms with E-state index >= 15 is 0 Å². The predicted molar refractivity (Wildman–Crippen MR) is 85.7 cm³/mol. The van der Waals surface area contributed by atoms with E-state index in [0.29, 0.717) is 12.8 Å². The van der Waals surface area contributed by atoms with Gasteiger partial charge in [-0.2, -0.15) is 13.5 Å². The lowest BCUT2D eigenvalue weighted by Gasteiger charge is -2.04. The molecule has 1 N–H and O–H groups in total. The molecule has 0 atom stereocenters. The summed E-state index contributed by atoms with van der Waals surface area (Å²) < 4.78 is 25.1. The highest BCUT2D eigenvalue weighted by molar-refractivity contribution is 9.10. The molecule has 0 unspecified atom stereocenters. The quantitative estimate of drug-likeness (QED) is 0.851. The highest BCUT2D eigenvalue weighted by atomic mass is 79.9. The third-order valence-corrected chi connectivity index (χ3v) is 5.11. The van der Waals surface area contributed by atoms with Crippen molar-refractivity contribution >= 4 is 31.7 Å². The number of halogens is 1. The van der Waals surface area contributed by atoms with E-state index in [1.165, 1.54) is 23.3 Å². The Balaban J connectivity index is 1.76. The molecule has 2 aromatic rings. The number of nitrogens with one attached hydrogen (secondary N) is 1. The van der Waals surface area contributed by atoms with Crippen molar-refractivity contribution in [3.05, 3.63) is 64.1 Å². The van der Waals surface area contributed by atoms with Crippen LogP contribution in [0.25, 0.3) is 0 Å². The van der Waals surface area contributed by atoms with Crippen molar-refractivity contribution in [1.29, 1.82) is 0 Å². The monoisotopic (exact) mass is 364 g/mol. The second-order valence-corrected chi connectivity index (χ2v) is 7.43. The molecule has 0 bridgehead atoms. The van der Waals surface area contributed by atoms with Crippen LogP contribution in [0, 0.1) is 0 Å². The van der Waals surface area contributed by atoms with E-state index < -0.39 is 10.0 Å². The molecule has 0 fully saturated rings. The zero-order valence-corrected chi connectivity index (χ0v) is 13.5.